The highest BCUT2D eigenvalue weighted by atomic mass is 16.4. The van der Waals surface area contributed by atoms with Crippen LogP contribution in [0.2, 0.25) is 0 Å². The zero-order valence-corrected chi connectivity index (χ0v) is 11.0. The van der Waals surface area contributed by atoms with Crippen molar-refractivity contribution in [3.8, 4) is 0 Å². The molecular formula is C16H13N3O. The lowest BCUT2D eigenvalue weighted by Gasteiger charge is -2.03. The van der Waals surface area contributed by atoms with E-state index in [0.29, 0.717) is 6.01 Å². The fraction of sp³-hybridized carbons (Fsp3) is 0.0625. The summed E-state index contributed by atoms with van der Waals surface area (Å²) in [6.45, 7) is 0. The Kier molecular flexibility index (Phi) is 2.29. The largest absolute Gasteiger partial charge is 0.423 e. The molecule has 2 heterocycles. The van der Waals surface area contributed by atoms with E-state index in [1.165, 1.54) is 10.9 Å². The minimum absolute atomic E-state index is 0.514. The van der Waals surface area contributed by atoms with Crippen LogP contribution in [0.3, 0.4) is 0 Å². The quantitative estimate of drug-likeness (QED) is 0.593. The van der Waals surface area contributed by atoms with E-state index in [1.807, 2.05) is 43.6 Å². The van der Waals surface area contributed by atoms with Crippen molar-refractivity contribution in [1.82, 2.24) is 9.55 Å². The van der Waals surface area contributed by atoms with Gasteiger partial charge >= 0.3 is 0 Å². The van der Waals surface area contributed by atoms with Crippen LogP contribution >= 0.6 is 0 Å². The molecule has 0 bridgehead atoms. The van der Waals surface area contributed by atoms with Gasteiger partial charge in [0.25, 0.3) is 6.01 Å². The van der Waals surface area contributed by atoms with Crippen LogP contribution in [0.15, 0.2) is 59.1 Å². The molecule has 4 nitrogen and oxygen atoms in total. The van der Waals surface area contributed by atoms with E-state index < -0.39 is 0 Å². The number of aryl methyl sites for hydroxylation is 1. The number of oxazole rings is 1. The molecule has 0 saturated heterocycles. The summed E-state index contributed by atoms with van der Waals surface area (Å²) in [6.07, 6.45) is 2.05. The highest BCUT2D eigenvalue weighted by Gasteiger charge is 2.06. The lowest BCUT2D eigenvalue weighted by molar-refractivity contribution is 0.623. The summed E-state index contributed by atoms with van der Waals surface area (Å²) in [4.78, 5) is 4.41. The summed E-state index contributed by atoms with van der Waals surface area (Å²) < 4.78 is 7.76. The second-order valence-corrected chi connectivity index (χ2v) is 4.81. The predicted octanol–water partition coefficient (Wildman–Crippen LogP) is 4.06. The number of aromatic nitrogens is 2. The Labute approximate surface area is 115 Å². The van der Waals surface area contributed by atoms with Gasteiger partial charge in [0.1, 0.15) is 5.52 Å². The molecule has 2 aromatic carbocycles. The normalized spacial score (nSPS) is 11.2. The number of para-hydroxylation sites is 2. The first-order chi connectivity index (χ1) is 9.79. The Morgan fingerprint density at radius 3 is 2.90 bits per heavy atom. The van der Waals surface area contributed by atoms with Gasteiger partial charge in [0.2, 0.25) is 0 Å². The minimum Gasteiger partial charge on any atom is -0.423 e. The van der Waals surface area contributed by atoms with E-state index in [2.05, 4.69) is 33.1 Å². The number of anilines is 2. The summed E-state index contributed by atoms with van der Waals surface area (Å²) in [5.74, 6) is 0. The van der Waals surface area contributed by atoms with Gasteiger partial charge < -0.3 is 14.3 Å². The Hall–Kier alpha value is -2.75. The highest BCUT2D eigenvalue weighted by molar-refractivity contribution is 5.84. The van der Waals surface area contributed by atoms with E-state index >= 15 is 0 Å². The topological polar surface area (TPSA) is 43.0 Å². The third-order valence-electron chi connectivity index (χ3n) is 3.43. The molecular weight excluding hydrogens is 250 g/mol. The van der Waals surface area contributed by atoms with Crippen LogP contribution in [-0.4, -0.2) is 9.55 Å². The molecule has 4 heteroatoms. The van der Waals surface area contributed by atoms with Crippen molar-refractivity contribution in [3.05, 3.63) is 54.7 Å². The zero-order chi connectivity index (χ0) is 13.5. The van der Waals surface area contributed by atoms with E-state index in [1.54, 1.807) is 0 Å². The lowest BCUT2D eigenvalue weighted by atomic mass is 10.2. The molecule has 0 atom stereocenters. The van der Waals surface area contributed by atoms with Gasteiger partial charge in [0.05, 0.1) is 0 Å². The smallest absolute Gasteiger partial charge is 0.300 e. The van der Waals surface area contributed by atoms with Crippen molar-refractivity contribution in [2.24, 2.45) is 7.05 Å². The summed E-state index contributed by atoms with van der Waals surface area (Å²) >= 11 is 0. The van der Waals surface area contributed by atoms with Gasteiger partial charge in [-0.15, -0.1) is 0 Å². The summed E-state index contributed by atoms with van der Waals surface area (Å²) in [7, 11) is 2.03. The van der Waals surface area contributed by atoms with Gasteiger partial charge in [-0.2, -0.15) is 4.98 Å². The molecule has 98 valence electrons. The monoisotopic (exact) mass is 263 g/mol. The fourth-order valence-electron chi connectivity index (χ4n) is 2.39. The molecule has 0 saturated carbocycles. The van der Waals surface area contributed by atoms with E-state index in [-0.39, 0.29) is 0 Å². The summed E-state index contributed by atoms with van der Waals surface area (Å²) in [5, 5.41) is 4.43. The maximum absolute atomic E-state index is 5.67. The Bertz CT molecular complexity index is 871. The molecule has 0 aliphatic rings. The van der Waals surface area contributed by atoms with Crippen LogP contribution in [0.25, 0.3) is 22.0 Å². The van der Waals surface area contributed by atoms with Crippen molar-refractivity contribution >= 4 is 33.7 Å². The van der Waals surface area contributed by atoms with Gasteiger partial charge in [-0.1, -0.05) is 18.2 Å². The highest BCUT2D eigenvalue weighted by Crippen LogP contribution is 2.24. The third-order valence-corrected chi connectivity index (χ3v) is 3.43. The van der Waals surface area contributed by atoms with Crippen LogP contribution < -0.4 is 5.32 Å². The number of rotatable bonds is 2. The standard InChI is InChI=1S/C16H13N3O/c1-19-9-8-11-6-7-12(10-14(11)19)17-16-18-13-4-2-3-5-15(13)20-16/h2-10H,1H3,(H,17,18). The molecule has 0 aliphatic heterocycles. The fourth-order valence-corrected chi connectivity index (χ4v) is 2.39. The Morgan fingerprint density at radius 1 is 1.10 bits per heavy atom. The lowest BCUT2D eigenvalue weighted by Crippen LogP contribution is -1.91. The molecule has 0 spiro atoms. The summed E-state index contributed by atoms with van der Waals surface area (Å²) in [5.41, 5.74) is 3.78. The number of nitrogens with zero attached hydrogens (tertiary/aromatic N) is 2. The van der Waals surface area contributed by atoms with Crippen molar-refractivity contribution in [3.63, 3.8) is 0 Å². The third kappa shape index (κ3) is 1.73. The van der Waals surface area contributed by atoms with E-state index in [0.717, 1.165) is 16.8 Å². The molecule has 0 amide bonds. The minimum atomic E-state index is 0.514. The van der Waals surface area contributed by atoms with Crippen LogP contribution in [0, 0.1) is 0 Å². The first kappa shape index (κ1) is 11.1. The molecule has 20 heavy (non-hydrogen) atoms. The number of hydrogen-bond acceptors (Lipinski definition) is 3. The number of fused-ring (bicyclic) bond motifs is 2. The van der Waals surface area contributed by atoms with Gasteiger partial charge in [-0.05, 0) is 35.7 Å². The summed E-state index contributed by atoms with van der Waals surface area (Å²) in [6, 6.07) is 16.5. The van der Waals surface area contributed by atoms with E-state index in [9.17, 15) is 0 Å². The molecule has 2 aromatic heterocycles. The molecule has 0 radical (unpaired) electrons. The van der Waals surface area contributed by atoms with Gasteiger partial charge in [0.15, 0.2) is 5.58 Å². The van der Waals surface area contributed by atoms with Crippen LogP contribution in [-0.2, 0) is 7.05 Å². The van der Waals surface area contributed by atoms with Gasteiger partial charge in [-0.3, -0.25) is 0 Å². The maximum atomic E-state index is 5.67. The van der Waals surface area contributed by atoms with Crippen molar-refractivity contribution < 1.29 is 4.42 Å². The van der Waals surface area contributed by atoms with Crippen LogP contribution in [0.1, 0.15) is 0 Å². The zero-order valence-electron chi connectivity index (χ0n) is 11.0. The van der Waals surface area contributed by atoms with Crippen molar-refractivity contribution in [2.75, 3.05) is 5.32 Å². The molecule has 0 unspecified atom stereocenters. The van der Waals surface area contributed by atoms with Crippen LogP contribution in [0.4, 0.5) is 11.7 Å². The molecule has 0 fully saturated rings. The second-order valence-electron chi connectivity index (χ2n) is 4.81. The second kappa shape index (κ2) is 4.13. The average molecular weight is 263 g/mol. The number of nitrogens with one attached hydrogen (secondary N) is 1. The Balaban J connectivity index is 1.74. The first-order valence-electron chi connectivity index (χ1n) is 6.47. The Morgan fingerprint density at radius 2 is 2.00 bits per heavy atom. The maximum Gasteiger partial charge on any atom is 0.300 e. The SMILES string of the molecule is Cn1ccc2ccc(Nc3nc4ccccc4o3)cc21. The predicted molar refractivity (Wildman–Crippen MR) is 80.2 cm³/mol. The van der Waals surface area contributed by atoms with Gasteiger partial charge in [-0.25, -0.2) is 0 Å². The molecule has 4 rings (SSSR count). The van der Waals surface area contributed by atoms with Crippen LogP contribution in [0.5, 0.6) is 0 Å². The average Bonchev–Trinajstić information content (AvgIpc) is 3.02. The number of hydrogen-bond donors (Lipinski definition) is 1. The first-order valence-corrected chi connectivity index (χ1v) is 6.47. The van der Waals surface area contributed by atoms with Crippen molar-refractivity contribution in [1.29, 1.82) is 0 Å². The number of benzene rings is 2. The molecule has 1 N–H and O–H groups in total. The van der Waals surface area contributed by atoms with Crippen molar-refractivity contribution in [2.45, 2.75) is 0 Å². The van der Waals surface area contributed by atoms with E-state index in [4.69, 9.17) is 4.42 Å². The van der Waals surface area contributed by atoms with Gasteiger partial charge in [0, 0.05) is 24.4 Å². The molecule has 4 aromatic rings. The molecule has 0 aliphatic carbocycles.